The van der Waals surface area contributed by atoms with Gasteiger partial charge in [-0.1, -0.05) is 54.6 Å². The van der Waals surface area contributed by atoms with Crippen molar-refractivity contribution in [1.29, 1.82) is 0 Å². The van der Waals surface area contributed by atoms with Gasteiger partial charge in [0.05, 0.1) is 6.54 Å². The molecular weight excluding hydrogens is 447 g/mol. The third-order valence-corrected chi connectivity index (χ3v) is 4.41. The molecule has 2 aromatic rings. The molecule has 1 aliphatic rings. The molecule has 2 N–H and O–H groups in total. The molecule has 0 fully saturated rings. The van der Waals surface area contributed by atoms with Crippen LogP contribution in [0.1, 0.15) is 18.1 Å². The van der Waals surface area contributed by atoms with Crippen molar-refractivity contribution in [1.82, 2.24) is 10.6 Å². The van der Waals surface area contributed by atoms with Gasteiger partial charge in [0, 0.05) is 31.9 Å². The van der Waals surface area contributed by atoms with Crippen LogP contribution in [0, 0.1) is 0 Å². The summed E-state index contributed by atoms with van der Waals surface area (Å²) >= 11 is 0. The minimum atomic E-state index is 0. The molecule has 0 radical (unpaired) electrons. The lowest BCUT2D eigenvalue weighted by Crippen LogP contribution is -2.38. The van der Waals surface area contributed by atoms with E-state index in [-0.39, 0.29) is 24.0 Å². The molecule has 0 spiro atoms. The van der Waals surface area contributed by atoms with Gasteiger partial charge in [0.1, 0.15) is 0 Å². The maximum atomic E-state index is 4.74. The van der Waals surface area contributed by atoms with E-state index in [2.05, 4.69) is 89.2 Å². The van der Waals surface area contributed by atoms with Crippen LogP contribution >= 0.6 is 24.0 Å². The minimum absolute atomic E-state index is 0. The molecule has 4 nitrogen and oxygen atoms in total. The minimum Gasteiger partial charge on any atom is -0.364 e. The zero-order valence-corrected chi connectivity index (χ0v) is 18.2. The zero-order valence-electron chi connectivity index (χ0n) is 15.9. The number of anilines is 1. The Morgan fingerprint density at radius 2 is 1.70 bits per heavy atom. The van der Waals surface area contributed by atoms with Crippen LogP contribution in [0.15, 0.2) is 71.7 Å². The molecule has 1 aliphatic heterocycles. The Morgan fingerprint density at radius 3 is 2.44 bits per heavy atom. The summed E-state index contributed by atoms with van der Waals surface area (Å²) in [5, 5.41) is 6.75. The number of guanidine groups is 1. The van der Waals surface area contributed by atoms with Gasteiger partial charge in [0.15, 0.2) is 5.96 Å². The van der Waals surface area contributed by atoms with Gasteiger partial charge in [-0.25, -0.2) is 4.99 Å². The molecule has 1 heterocycles. The fraction of sp³-hybridized carbons (Fsp3) is 0.318. The molecule has 0 aromatic heterocycles. The van der Waals surface area contributed by atoms with Crippen molar-refractivity contribution in [2.75, 3.05) is 31.1 Å². The molecule has 0 bridgehead atoms. The SMILES string of the molecule is CCNC(=NCc1cccc(N2CC=CC2)c1)NCCc1ccccc1.I. The summed E-state index contributed by atoms with van der Waals surface area (Å²) in [4.78, 5) is 7.10. The number of benzene rings is 2. The van der Waals surface area contributed by atoms with Crippen LogP contribution < -0.4 is 15.5 Å². The third kappa shape index (κ3) is 6.90. The van der Waals surface area contributed by atoms with E-state index in [0.717, 1.165) is 38.6 Å². The highest BCUT2D eigenvalue weighted by molar-refractivity contribution is 14.0. The average molecular weight is 476 g/mol. The molecule has 2 aromatic carbocycles. The van der Waals surface area contributed by atoms with E-state index in [9.17, 15) is 0 Å². The Bertz CT molecular complexity index is 735. The quantitative estimate of drug-likeness (QED) is 0.275. The number of hydrogen-bond donors (Lipinski definition) is 2. The Balaban J connectivity index is 0.00000261. The van der Waals surface area contributed by atoms with Crippen molar-refractivity contribution in [3.8, 4) is 0 Å². The Hall–Kier alpha value is -2.02. The standard InChI is InChI=1S/C22H28N4.HI/c1-2-23-22(24-14-13-19-9-4-3-5-10-19)25-18-20-11-8-12-21(17-20)26-15-6-7-16-26;/h3-12,17H,2,13-16,18H2,1H3,(H2,23,24,25);1H. The maximum Gasteiger partial charge on any atom is 0.191 e. The molecular formula is C22H29IN4. The average Bonchev–Trinajstić information content (AvgIpc) is 3.22. The second kappa shape index (κ2) is 11.6. The Kier molecular flexibility index (Phi) is 9.18. The molecule has 0 aliphatic carbocycles. The molecule has 0 saturated heterocycles. The predicted octanol–water partition coefficient (Wildman–Crippen LogP) is 3.98. The van der Waals surface area contributed by atoms with E-state index >= 15 is 0 Å². The zero-order chi connectivity index (χ0) is 18.0. The lowest BCUT2D eigenvalue weighted by molar-refractivity contribution is 0.799. The van der Waals surface area contributed by atoms with Gasteiger partial charge in [-0.3, -0.25) is 0 Å². The fourth-order valence-corrected chi connectivity index (χ4v) is 3.02. The second-order valence-electron chi connectivity index (χ2n) is 6.40. The van der Waals surface area contributed by atoms with Gasteiger partial charge in [-0.05, 0) is 36.6 Å². The number of aliphatic imine (C=N–C) groups is 1. The van der Waals surface area contributed by atoms with Crippen LogP contribution in [-0.4, -0.2) is 32.1 Å². The first-order valence-electron chi connectivity index (χ1n) is 9.40. The summed E-state index contributed by atoms with van der Waals surface area (Å²) in [5.41, 5.74) is 3.84. The normalized spacial score (nSPS) is 13.4. The second-order valence-corrected chi connectivity index (χ2v) is 6.40. The van der Waals surface area contributed by atoms with Crippen LogP contribution in [0.4, 0.5) is 5.69 Å². The summed E-state index contributed by atoms with van der Waals surface area (Å²) in [7, 11) is 0. The van der Waals surface area contributed by atoms with E-state index in [1.807, 2.05) is 0 Å². The highest BCUT2D eigenvalue weighted by atomic mass is 127. The molecule has 5 heteroatoms. The first-order valence-corrected chi connectivity index (χ1v) is 9.40. The monoisotopic (exact) mass is 476 g/mol. The summed E-state index contributed by atoms with van der Waals surface area (Å²) in [6.45, 7) is 6.49. The van der Waals surface area contributed by atoms with Crippen LogP contribution in [0.25, 0.3) is 0 Å². The smallest absolute Gasteiger partial charge is 0.191 e. The largest absolute Gasteiger partial charge is 0.364 e. The van der Waals surface area contributed by atoms with E-state index in [0.29, 0.717) is 6.54 Å². The lowest BCUT2D eigenvalue weighted by atomic mass is 10.1. The highest BCUT2D eigenvalue weighted by Gasteiger charge is 2.07. The number of nitrogens with zero attached hydrogens (tertiary/aromatic N) is 2. The number of nitrogens with one attached hydrogen (secondary N) is 2. The third-order valence-electron chi connectivity index (χ3n) is 4.41. The van der Waals surface area contributed by atoms with Crippen LogP contribution in [0.5, 0.6) is 0 Å². The summed E-state index contributed by atoms with van der Waals surface area (Å²) in [6, 6.07) is 19.2. The van der Waals surface area contributed by atoms with Crippen LogP contribution in [-0.2, 0) is 13.0 Å². The predicted molar refractivity (Wildman–Crippen MR) is 126 cm³/mol. The number of hydrogen-bond acceptors (Lipinski definition) is 2. The van der Waals surface area contributed by atoms with Gasteiger partial charge >= 0.3 is 0 Å². The Labute approximate surface area is 179 Å². The van der Waals surface area contributed by atoms with Crippen molar-refractivity contribution in [3.05, 3.63) is 77.9 Å². The number of halogens is 1. The van der Waals surface area contributed by atoms with Crippen molar-refractivity contribution in [2.24, 2.45) is 4.99 Å². The molecule has 0 amide bonds. The maximum absolute atomic E-state index is 4.74. The molecule has 0 unspecified atom stereocenters. The van der Waals surface area contributed by atoms with Crippen molar-refractivity contribution in [3.63, 3.8) is 0 Å². The summed E-state index contributed by atoms with van der Waals surface area (Å²) in [5.74, 6) is 0.872. The van der Waals surface area contributed by atoms with Gasteiger partial charge in [-0.2, -0.15) is 0 Å². The van der Waals surface area contributed by atoms with Crippen LogP contribution in [0.3, 0.4) is 0 Å². The summed E-state index contributed by atoms with van der Waals surface area (Å²) < 4.78 is 0. The van der Waals surface area contributed by atoms with Crippen molar-refractivity contribution in [2.45, 2.75) is 19.9 Å². The van der Waals surface area contributed by atoms with Crippen molar-refractivity contribution < 1.29 is 0 Å². The van der Waals surface area contributed by atoms with E-state index in [1.165, 1.54) is 16.8 Å². The molecule has 0 atom stereocenters. The number of rotatable bonds is 7. The van der Waals surface area contributed by atoms with Crippen LogP contribution in [0.2, 0.25) is 0 Å². The van der Waals surface area contributed by atoms with E-state index in [1.54, 1.807) is 0 Å². The summed E-state index contributed by atoms with van der Waals surface area (Å²) in [6.07, 6.45) is 5.41. The molecule has 27 heavy (non-hydrogen) atoms. The van der Waals surface area contributed by atoms with Gasteiger partial charge < -0.3 is 15.5 Å². The Morgan fingerprint density at radius 1 is 0.963 bits per heavy atom. The first-order chi connectivity index (χ1) is 12.8. The molecule has 144 valence electrons. The fourth-order valence-electron chi connectivity index (χ4n) is 3.02. The molecule has 0 saturated carbocycles. The van der Waals surface area contributed by atoms with Gasteiger partial charge in [0.2, 0.25) is 0 Å². The molecule has 3 rings (SSSR count). The van der Waals surface area contributed by atoms with E-state index in [4.69, 9.17) is 4.99 Å². The van der Waals surface area contributed by atoms with Gasteiger partial charge in [0.25, 0.3) is 0 Å². The topological polar surface area (TPSA) is 39.7 Å². The van der Waals surface area contributed by atoms with Gasteiger partial charge in [-0.15, -0.1) is 24.0 Å². The first kappa shape index (κ1) is 21.3. The lowest BCUT2D eigenvalue weighted by Gasteiger charge is -2.18. The van der Waals surface area contributed by atoms with E-state index < -0.39 is 0 Å². The highest BCUT2D eigenvalue weighted by Crippen LogP contribution is 2.18. The van der Waals surface area contributed by atoms with Crippen molar-refractivity contribution >= 4 is 35.6 Å².